The monoisotopic (exact) mass is 334 g/mol. The fourth-order valence-corrected chi connectivity index (χ4v) is 2.82. The molecule has 0 spiro atoms. The quantitative estimate of drug-likeness (QED) is 0.792. The van der Waals surface area contributed by atoms with Crippen LogP contribution in [0.1, 0.15) is 39.3 Å². The molecule has 1 aromatic rings. The first-order valence-corrected chi connectivity index (χ1v) is 8.84. The van der Waals surface area contributed by atoms with Gasteiger partial charge < -0.3 is 19.7 Å². The Hall–Kier alpha value is -1.98. The highest BCUT2D eigenvalue weighted by atomic mass is 16.2. The number of hydrogen-bond acceptors (Lipinski definition) is 2. The van der Waals surface area contributed by atoms with Crippen LogP contribution in [0.25, 0.3) is 0 Å². The van der Waals surface area contributed by atoms with Crippen LogP contribution in [0.5, 0.6) is 0 Å². The van der Waals surface area contributed by atoms with Gasteiger partial charge in [-0.05, 0) is 37.8 Å². The summed E-state index contributed by atoms with van der Waals surface area (Å²) in [6, 6.07) is 4.19. The Labute approximate surface area is 144 Å². The first-order valence-electron chi connectivity index (χ1n) is 8.84. The van der Waals surface area contributed by atoms with Gasteiger partial charge in [-0.2, -0.15) is 0 Å². The summed E-state index contributed by atoms with van der Waals surface area (Å²) in [4.78, 5) is 28.7. The van der Waals surface area contributed by atoms with Gasteiger partial charge in [0.1, 0.15) is 6.54 Å². The van der Waals surface area contributed by atoms with E-state index in [0.29, 0.717) is 31.6 Å². The summed E-state index contributed by atoms with van der Waals surface area (Å²) in [5, 5.41) is 2.81. The first kappa shape index (κ1) is 18.4. The molecule has 0 bridgehead atoms. The van der Waals surface area contributed by atoms with Gasteiger partial charge in [0.25, 0.3) is 0 Å². The number of carbonyl (C=O) groups excluding carboxylic acids is 2. The van der Waals surface area contributed by atoms with Crippen molar-refractivity contribution in [2.75, 3.05) is 19.6 Å². The maximum absolute atomic E-state index is 12.9. The van der Waals surface area contributed by atoms with E-state index in [-0.39, 0.29) is 18.5 Å². The molecule has 0 unspecified atom stereocenters. The lowest BCUT2D eigenvalue weighted by Crippen LogP contribution is -2.48. The van der Waals surface area contributed by atoms with E-state index in [1.165, 1.54) is 0 Å². The molecule has 2 rings (SSSR count). The minimum atomic E-state index is -0.158. The number of nitrogens with one attached hydrogen (secondary N) is 1. The molecule has 0 atom stereocenters. The lowest BCUT2D eigenvalue weighted by molar-refractivity contribution is -0.133. The molecule has 0 radical (unpaired) electrons. The van der Waals surface area contributed by atoms with Crippen LogP contribution in [-0.2, 0) is 18.4 Å². The third kappa shape index (κ3) is 5.01. The van der Waals surface area contributed by atoms with Gasteiger partial charge in [-0.15, -0.1) is 0 Å². The summed E-state index contributed by atoms with van der Waals surface area (Å²) in [6.45, 7) is 7.90. The van der Waals surface area contributed by atoms with Crippen molar-refractivity contribution in [3.63, 3.8) is 0 Å². The fraction of sp³-hybridized carbons (Fsp3) is 0.667. The molecule has 1 saturated carbocycles. The Balaban J connectivity index is 2.04. The third-order valence-corrected chi connectivity index (χ3v) is 4.22. The van der Waals surface area contributed by atoms with E-state index in [1.54, 1.807) is 4.90 Å². The van der Waals surface area contributed by atoms with Crippen LogP contribution in [0.2, 0.25) is 0 Å². The van der Waals surface area contributed by atoms with Crippen molar-refractivity contribution >= 4 is 11.9 Å². The minimum Gasteiger partial charge on any atom is -0.353 e. The lowest BCUT2D eigenvalue weighted by Gasteiger charge is -2.29. The highest BCUT2D eigenvalue weighted by molar-refractivity contribution is 5.84. The van der Waals surface area contributed by atoms with E-state index in [4.69, 9.17) is 0 Å². The number of carbonyl (C=O) groups is 2. The molecule has 6 heteroatoms. The van der Waals surface area contributed by atoms with E-state index < -0.39 is 0 Å². The Kier molecular flexibility index (Phi) is 6.29. The molecule has 1 fully saturated rings. The predicted octanol–water partition coefficient (Wildman–Crippen LogP) is 2.20. The smallest absolute Gasteiger partial charge is 0.317 e. The van der Waals surface area contributed by atoms with Crippen molar-refractivity contribution in [2.24, 2.45) is 13.0 Å². The molecule has 1 heterocycles. The van der Waals surface area contributed by atoms with Crippen LogP contribution in [0.4, 0.5) is 4.79 Å². The second-order valence-electron chi connectivity index (χ2n) is 6.97. The SMILES string of the molecule is CCNC(=O)N(CC(=O)N(Cc1cccn1C)C1CC1)CC(C)C. The van der Waals surface area contributed by atoms with Crippen molar-refractivity contribution in [1.29, 1.82) is 0 Å². The van der Waals surface area contributed by atoms with Gasteiger partial charge >= 0.3 is 6.03 Å². The summed E-state index contributed by atoms with van der Waals surface area (Å²) < 4.78 is 2.04. The number of urea groups is 1. The van der Waals surface area contributed by atoms with Gasteiger partial charge in [-0.3, -0.25) is 4.79 Å². The van der Waals surface area contributed by atoms with Crippen LogP contribution >= 0.6 is 0 Å². The zero-order chi connectivity index (χ0) is 17.7. The van der Waals surface area contributed by atoms with E-state index in [2.05, 4.69) is 19.2 Å². The molecular weight excluding hydrogens is 304 g/mol. The Morgan fingerprint density at radius 3 is 2.58 bits per heavy atom. The maximum atomic E-state index is 12.9. The molecule has 6 nitrogen and oxygen atoms in total. The second-order valence-corrected chi connectivity index (χ2v) is 6.97. The number of hydrogen-bond donors (Lipinski definition) is 1. The van der Waals surface area contributed by atoms with Crippen molar-refractivity contribution in [3.8, 4) is 0 Å². The lowest BCUT2D eigenvalue weighted by atomic mass is 10.2. The van der Waals surface area contributed by atoms with Gasteiger partial charge in [-0.1, -0.05) is 13.8 Å². The van der Waals surface area contributed by atoms with Crippen molar-refractivity contribution in [1.82, 2.24) is 19.7 Å². The van der Waals surface area contributed by atoms with Crippen molar-refractivity contribution < 1.29 is 9.59 Å². The summed E-state index contributed by atoms with van der Waals surface area (Å²) in [5.74, 6) is 0.355. The fourth-order valence-electron chi connectivity index (χ4n) is 2.82. The topological polar surface area (TPSA) is 57.6 Å². The zero-order valence-corrected chi connectivity index (χ0v) is 15.3. The second kappa shape index (κ2) is 8.22. The maximum Gasteiger partial charge on any atom is 0.317 e. The van der Waals surface area contributed by atoms with Crippen molar-refractivity contribution in [3.05, 3.63) is 24.0 Å². The molecule has 3 amide bonds. The van der Waals surface area contributed by atoms with E-state index in [9.17, 15) is 9.59 Å². The number of rotatable bonds is 8. The van der Waals surface area contributed by atoms with Gasteiger partial charge in [-0.25, -0.2) is 4.79 Å². The molecule has 1 aliphatic rings. The standard InChI is InChI=1S/C18H30N4O2/c1-5-19-18(24)21(11-14(2)3)13-17(23)22(15-8-9-15)12-16-7-6-10-20(16)4/h6-7,10,14-15H,5,8-9,11-13H2,1-4H3,(H,19,24). The van der Waals surface area contributed by atoms with Gasteiger partial charge in [0, 0.05) is 38.1 Å². The molecule has 0 aromatic carbocycles. The average Bonchev–Trinajstić information content (AvgIpc) is 3.27. The highest BCUT2D eigenvalue weighted by Crippen LogP contribution is 2.28. The highest BCUT2D eigenvalue weighted by Gasteiger charge is 2.34. The predicted molar refractivity (Wildman–Crippen MR) is 94.5 cm³/mol. The summed E-state index contributed by atoms with van der Waals surface area (Å²) in [7, 11) is 1.99. The van der Waals surface area contributed by atoms with E-state index >= 15 is 0 Å². The van der Waals surface area contributed by atoms with E-state index in [0.717, 1.165) is 18.5 Å². The third-order valence-electron chi connectivity index (χ3n) is 4.22. The van der Waals surface area contributed by atoms with E-state index in [1.807, 2.05) is 41.8 Å². The van der Waals surface area contributed by atoms with Crippen LogP contribution in [-0.4, -0.2) is 52.0 Å². The molecule has 24 heavy (non-hydrogen) atoms. The Morgan fingerprint density at radius 2 is 2.08 bits per heavy atom. The van der Waals surface area contributed by atoms with Gasteiger partial charge in [0.2, 0.25) is 5.91 Å². The van der Waals surface area contributed by atoms with Crippen LogP contribution in [0.15, 0.2) is 18.3 Å². The largest absolute Gasteiger partial charge is 0.353 e. The molecular formula is C18H30N4O2. The van der Waals surface area contributed by atoms with Gasteiger partial charge in [0.05, 0.1) is 6.54 Å². The summed E-state index contributed by atoms with van der Waals surface area (Å²) >= 11 is 0. The number of nitrogens with zero attached hydrogens (tertiary/aromatic N) is 3. The number of aromatic nitrogens is 1. The summed E-state index contributed by atoms with van der Waals surface area (Å²) in [5.41, 5.74) is 1.11. The van der Waals surface area contributed by atoms with Crippen LogP contribution in [0.3, 0.4) is 0 Å². The molecule has 1 N–H and O–H groups in total. The summed E-state index contributed by atoms with van der Waals surface area (Å²) in [6.07, 6.45) is 4.10. The van der Waals surface area contributed by atoms with Crippen LogP contribution in [0, 0.1) is 5.92 Å². The van der Waals surface area contributed by atoms with Gasteiger partial charge in [0.15, 0.2) is 0 Å². The molecule has 134 valence electrons. The number of aryl methyl sites for hydroxylation is 1. The zero-order valence-electron chi connectivity index (χ0n) is 15.3. The van der Waals surface area contributed by atoms with Crippen molar-refractivity contribution in [2.45, 2.75) is 46.2 Å². The number of amides is 3. The Morgan fingerprint density at radius 1 is 1.38 bits per heavy atom. The molecule has 1 aliphatic carbocycles. The Bertz CT molecular complexity index is 563. The van der Waals surface area contributed by atoms with Crippen LogP contribution < -0.4 is 5.32 Å². The normalized spacial score (nSPS) is 13.9. The average molecular weight is 334 g/mol. The molecule has 1 aromatic heterocycles. The first-order chi connectivity index (χ1) is 11.4. The minimum absolute atomic E-state index is 0.0330. The molecule has 0 aliphatic heterocycles. The molecule has 0 saturated heterocycles.